The molecule has 2 fully saturated rings. The maximum absolute atomic E-state index is 11.5. The van der Waals surface area contributed by atoms with Gasteiger partial charge in [0.25, 0.3) is 0 Å². The monoisotopic (exact) mass is 744 g/mol. The van der Waals surface area contributed by atoms with Gasteiger partial charge in [0.2, 0.25) is 11.8 Å². The Hall–Kier alpha value is -4.92. The van der Waals surface area contributed by atoms with Gasteiger partial charge in [-0.15, -0.1) is 0 Å². The molecular formula is C43H41ClN4O6. The van der Waals surface area contributed by atoms with Gasteiger partial charge in [0.1, 0.15) is 23.0 Å². The van der Waals surface area contributed by atoms with Crippen molar-refractivity contribution in [1.29, 1.82) is 5.26 Å². The summed E-state index contributed by atoms with van der Waals surface area (Å²) in [7, 11) is 1.60. The number of rotatable bonds is 9. The zero-order chi connectivity index (χ0) is 37.2. The lowest BCUT2D eigenvalue weighted by atomic mass is 9.91. The Morgan fingerprint density at radius 3 is 2.54 bits per heavy atom. The molecule has 2 aromatic heterocycles. The minimum Gasteiger partial charge on any atom is -0.481 e. The fraction of sp³-hybridized carbons (Fsp3) is 0.372. The van der Waals surface area contributed by atoms with Crippen molar-refractivity contribution < 1.29 is 28.9 Å². The first-order chi connectivity index (χ1) is 26.2. The first-order valence-electron chi connectivity index (χ1n) is 18.7. The summed E-state index contributed by atoms with van der Waals surface area (Å²) in [6, 6.07) is 21.0. The Morgan fingerprint density at radius 1 is 1.00 bits per heavy atom. The van der Waals surface area contributed by atoms with E-state index >= 15 is 0 Å². The average Bonchev–Trinajstić information content (AvgIpc) is 3.95. The Kier molecular flexibility index (Phi) is 8.86. The topological polar surface area (TPSA) is 132 Å². The van der Waals surface area contributed by atoms with E-state index < -0.39 is 5.97 Å². The molecule has 2 saturated heterocycles. The number of carboxylic acid groups (broad SMARTS) is 1. The number of aliphatic hydroxyl groups excluding tert-OH is 1. The molecule has 2 N–H and O–H groups in total. The number of aryl methyl sites for hydroxylation is 1. The van der Waals surface area contributed by atoms with Crippen LogP contribution in [-0.4, -0.2) is 70.4 Å². The molecule has 4 heterocycles. The lowest BCUT2D eigenvalue weighted by molar-refractivity contribution is -0.148. The van der Waals surface area contributed by atoms with Crippen molar-refractivity contribution in [3.63, 3.8) is 0 Å². The minimum atomic E-state index is -0.746. The van der Waals surface area contributed by atoms with Crippen LogP contribution < -0.4 is 9.47 Å². The predicted molar refractivity (Wildman–Crippen MR) is 204 cm³/mol. The first kappa shape index (κ1) is 34.8. The lowest BCUT2D eigenvalue weighted by Gasteiger charge is -2.41. The third-order valence-electron chi connectivity index (χ3n) is 12.0. The quantitative estimate of drug-likeness (QED) is 0.155. The van der Waals surface area contributed by atoms with Crippen LogP contribution in [0, 0.1) is 24.2 Å². The van der Waals surface area contributed by atoms with Gasteiger partial charge in [0.05, 0.1) is 24.7 Å². The first-order valence-corrected chi connectivity index (χ1v) is 19.1. The van der Waals surface area contributed by atoms with Crippen molar-refractivity contribution >= 4 is 28.5 Å². The summed E-state index contributed by atoms with van der Waals surface area (Å²) in [4.78, 5) is 20.5. The molecule has 10 nitrogen and oxygen atoms in total. The van der Waals surface area contributed by atoms with Crippen molar-refractivity contribution in [2.45, 2.75) is 63.8 Å². The van der Waals surface area contributed by atoms with Gasteiger partial charge in [-0.2, -0.15) is 10.2 Å². The number of hydrogen-bond donors (Lipinski definition) is 2. The molecule has 0 bridgehead atoms. The number of likely N-dealkylation sites (tertiary alicyclic amines) is 2. The summed E-state index contributed by atoms with van der Waals surface area (Å²) in [6.07, 6.45) is 3.58. The summed E-state index contributed by atoms with van der Waals surface area (Å²) in [5.41, 5.74) is 10.9. The van der Waals surface area contributed by atoms with E-state index in [1.54, 1.807) is 7.11 Å². The molecule has 3 aromatic carbocycles. The number of aliphatic carboxylic acids is 1. The highest BCUT2D eigenvalue weighted by Gasteiger charge is 2.40. The Morgan fingerprint density at radius 2 is 1.78 bits per heavy atom. The van der Waals surface area contributed by atoms with Gasteiger partial charge >= 0.3 is 5.97 Å². The second-order valence-electron chi connectivity index (χ2n) is 15.1. The average molecular weight is 745 g/mol. The molecule has 54 heavy (non-hydrogen) atoms. The number of nitriles is 1. The number of aromatic nitrogens is 1. The van der Waals surface area contributed by atoms with Gasteiger partial charge in [0, 0.05) is 55.3 Å². The molecule has 2 aliphatic carbocycles. The van der Waals surface area contributed by atoms with Crippen LogP contribution in [0.5, 0.6) is 11.8 Å². The van der Waals surface area contributed by atoms with E-state index in [1.807, 2.05) is 12.1 Å². The maximum atomic E-state index is 11.5. The Labute approximate surface area is 318 Å². The van der Waals surface area contributed by atoms with Crippen molar-refractivity contribution in [1.82, 2.24) is 14.8 Å². The van der Waals surface area contributed by atoms with Crippen LogP contribution in [0.1, 0.15) is 70.4 Å². The molecule has 0 saturated carbocycles. The Bertz CT molecular complexity index is 2360. The zero-order valence-corrected chi connectivity index (χ0v) is 31.0. The molecule has 1 unspecified atom stereocenters. The van der Waals surface area contributed by atoms with E-state index in [0.717, 1.165) is 88.7 Å². The van der Waals surface area contributed by atoms with Crippen molar-refractivity contribution in [3.05, 3.63) is 98.6 Å². The summed E-state index contributed by atoms with van der Waals surface area (Å²) in [5, 5.41) is 31.0. The summed E-state index contributed by atoms with van der Waals surface area (Å²) in [5.74, 6) is 0.461. The fourth-order valence-electron chi connectivity index (χ4n) is 9.19. The van der Waals surface area contributed by atoms with E-state index in [1.165, 1.54) is 11.1 Å². The number of carbonyl (C=O) groups is 1. The molecule has 0 radical (unpaired) electrons. The normalized spacial score (nSPS) is 21.2. The van der Waals surface area contributed by atoms with Gasteiger partial charge < -0.3 is 24.1 Å². The van der Waals surface area contributed by atoms with Crippen LogP contribution in [-0.2, 0) is 24.2 Å². The standard InChI is InChI=1S/C43H41ClN4O6/c1-23-28(5-3-6-29(23)39-17-35-32-9-11-37(48-20-26(21-48)43(50)51)34(32)15-24(18-45)40(35)53-39)30-7-4-8-33-31(30)10-12-38(33)54-42-36(44)16-25(41(46-42)52-2)19-47-14-13-27(49)22-47/h3-8,15-17,26-27,37-38,49H,9-14,19-22H2,1-2H3,(H,50,51)/t27-,37?,38+/m1/s1. The highest BCUT2D eigenvalue weighted by molar-refractivity contribution is 6.31. The van der Waals surface area contributed by atoms with Crippen LogP contribution in [0.25, 0.3) is 33.4 Å². The SMILES string of the molecule is COc1nc(O[C@H]2CCc3c(-c4cccc(-c5cc6c7c(cc(C#N)c6o5)C(N5CC(C(=O)O)C5)CC7)c4C)cccc32)c(Cl)cc1CN1CC[C@@H](O)C1. The third kappa shape index (κ3) is 5.91. The minimum absolute atomic E-state index is 0.118. The number of methoxy groups -OCH3 is 1. The maximum Gasteiger partial charge on any atom is 0.309 e. The molecule has 0 spiro atoms. The smallest absolute Gasteiger partial charge is 0.309 e. The largest absolute Gasteiger partial charge is 0.481 e. The van der Waals surface area contributed by atoms with Crippen LogP contribution in [0.4, 0.5) is 0 Å². The number of hydrogen-bond acceptors (Lipinski definition) is 9. The second kappa shape index (κ2) is 13.7. The predicted octanol–water partition coefficient (Wildman–Crippen LogP) is 7.64. The van der Waals surface area contributed by atoms with E-state index in [4.69, 9.17) is 25.5 Å². The molecule has 5 aromatic rings. The zero-order valence-electron chi connectivity index (χ0n) is 30.3. The van der Waals surface area contributed by atoms with E-state index in [-0.39, 0.29) is 24.2 Å². The number of nitrogens with zero attached hydrogens (tertiary/aromatic N) is 4. The number of pyridine rings is 1. The number of benzene rings is 3. The van der Waals surface area contributed by atoms with E-state index in [2.05, 4.69) is 70.2 Å². The van der Waals surface area contributed by atoms with Gasteiger partial charge in [0.15, 0.2) is 5.58 Å². The number of halogens is 1. The highest BCUT2D eigenvalue weighted by atomic mass is 35.5. The van der Waals surface area contributed by atoms with Gasteiger partial charge in [-0.3, -0.25) is 14.6 Å². The van der Waals surface area contributed by atoms with Crippen LogP contribution >= 0.6 is 11.6 Å². The fourth-order valence-corrected chi connectivity index (χ4v) is 9.41. The van der Waals surface area contributed by atoms with Crippen molar-refractivity contribution in [2.24, 2.45) is 5.92 Å². The summed E-state index contributed by atoms with van der Waals surface area (Å²) in [6.45, 7) is 5.21. The number of β-amino-alcohol motifs (C(OH)–C–C–N with tert-alkyl or cyclic N) is 1. The molecule has 9 rings (SSSR count). The molecule has 11 heteroatoms. The number of aliphatic hydroxyl groups is 1. The second-order valence-corrected chi connectivity index (χ2v) is 15.5. The lowest BCUT2D eigenvalue weighted by Crippen LogP contribution is -2.51. The summed E-state index contributed by atoms with van der Waals surface area (Å²) >= 11 is 6.77. The van der Waals surface area contributed by atoms with Crippen LogP contribution in [0.2, 0.25) is 5.02 Å². The van der Waals surface area contributed by atoms with E-state index in [0.29, 0.717) is 54.1 Å². The van der Waals surface area contributed by atoms with Gasteiger partial charge in [-0.1, -0.05) is 48.0 Å². The molecule has 276 valence electrons. The summed E-state index contributed by atoms with van der Waals surface area (Å²) < 4.78 is 18.7. The van der Waals surface area contributed by atoms with Crippen LogP contribution in [0.3, 0.4) is 0 Å². The molecule has 3 atom stereocenters. The third-order valence-corrected chi connectivity index (χ3v) is 12.2. The number of fused-ring (bicyclic) bond motifs is 4. The molecular weight excluding hydrogens is 704 g/mol. The molecule has 4 aliphatic rings. The van der Waals surface area contributed by atoms with Gasteiger partial charge in [-0.25, -0.2) is 0 Å². The highest BCUT2D eigenvalue weighted by Crippen LogP contribution is 2.47. The van der Waals surface area contributed by atoms with E-state index in [9.17, 15) is 20.3 Å². The van der Waals surface area contributed by atoms with Crippen LogP contribution in [0.15, 0.2) is 59.0 Å². The molecule has 0 amide bonds. The van der Waals surface area contributed by atoms with Gasteiger partial charge in [-0.05, 0) is 96.2 Å². The number of ether oxygens (including phenoxy) is 2. The van der Waals surface area contributed by atoms with Crippen molar-refractivity contribution in [2.75, 3.05) is 33.3 Å². The number of furan rings is 1. The number of carboxylic acids is 1. The molecule has 2 aliphatic heterocycles. The van der Waals surface area contributed by atoms with Crippen molar-refractivity contribution in [3.8, 4) is 40.3 Å². The Balaban J connectivity index is 1.00.